The molecular formula is C18H15BrN2O5. The third-order valence-electron chi connectivity index (χ3n) is 4.09. The minimum Gasteiger partial charge on any atom is -0.496 e. The summed E-state index contributed by atoms with van der Waals surface area (Å²) >= 11 is 3.23. The van der Waals surface area contributed by atoms with E-state index in [0.717, 1.165) is 16.5 Å². The first-order chi connectivity index (χ1) is 12.4. The highest BCUT2D eigenvalue weighted by molar-refractivity contribution is 9.10. The molecule has 0 N–H and O–H groups in total. The van der Waals surface area contributed by atoms with Gasteiger partial charge in [0.15, 0.2) is 0 Å². The largest absolute Gasteiger partial charge is 0.496 e. The van der Waals surface area contributed by atoms with Crippen LogP contribution in [-0.4, -0.2) is 29.7 Å². The number of hydrogen-bond acceptors (Lipinski definition) is 5. The quantitative estimate of drug-likeness (QED) is 0.352. The number of carbonyl (C=O) groups is 1. The monoisotopic (exact) mass is 418 g/mol. The van der Waals surface area contributed by atoms with Crippen LogP contribution in [0.5, 0.6) is 5.75 Å². The summed E-state index contributed by atoms with van der Waals surface area (Å²) in [6.07, 6.45) is 1.86. The van der Waals surface area contributed by atoms with Crippen LogP contribution in [-0.2, 0) is 11.3 Å². The molecule has 8 heteroatoms. The maximum absolute atomic E-state index is 11.7. The lowest BCUT2D eigenvalue weighted by Gasteiger charge is -2.12. The number of nitrogens with zero attached hydrogens (tertiary/aromatic N) is 2. The Bertz CT molecular complexity index is 1010. The van der Waals surface area contributed by atoms with Crippen LogP contribution in [0.2, 0.25) is 0 Å². The summed E-state index contributed by atoms with van der Waals surface area (Å²) in [7, 11) is 2.84. The first kappa shape index (κ1) is 17.9. The summed E-state index contributed by atoms with van der Waals surface area (Å²) in [4.78, 5) is 22.4. The number of benzene rings is 2. The molecule has 0 fully saturated rings. The minimum absolute atomic E-state index is 0.00505. The van der Waals surface area contributed by atoms with E-state index in [9.17, 15) is 14.9 Å². The zero-order valence-corrected chi connectivity index (χ0v) is 15.6. The van der Waals surface area contributed by atoms with Gasteiger partial charge in [0, 0.05) is 23.2 Å². The van der Waals surface area contributed by atoms with Crippen molar-refractivity contribution in [2.75, 3.05) is 14.2 Å². The minimum atomic E-state index is -0.443. The molecule has 1 heterocycles. The second-order valence-electron chi connectivity index (χ2n) is 5.58. The summed E-state index contributed by atoms with van der Waals surface area (Å²) < 4.78 is 12.4. The van der Waals surface area contributed by atoms with Crippen LogP contribution >= 0.6 is 15.9 Å². The zero-order valence-electron chi connectivity index (χ0n) is 14.1. The number of fused-ring (bicyclic) bond motifs is 1. The number of nitro benzene ring substituents is 1. The third-order valence-corrected chi connectivity index (χ3v) is 4.72. The molecule has 7 nitrogen and oxygen atoms in total. The van der Waals surface area contributed by atoms with Crippen molar-refractivity contribution in [2.45, 2.75) is 6.54 Å². The van der Waals surface area contributed by atoms with Crippen molar-refractivity contribution in [3.05, 3.63) is 68.3 Å². The van der Waals surface area contributed by atoms with Crippen molar-refractivity contribution in [1.29, 1.82) is 0 Å². The second kappa shape index (κ2) is 7.17. The van der Waals surface area contributed by atoms with Crippen molar-refractivity contribution in [3.8, 4) is 5.75 Å². The van der Waals surface area contributed by atoms with Gasteiger partial charge in [-0.1, -0.05) is 6.07 Å². The number of aromatic nitrogens is 1. The Morgan fingerprint density at radius 3 is 2.65 bits per heavy atom. The van der Waals surface area contributed by atoms with E-state index in [1.54, 1.807) is 24.3 Å². The van der Waals surface area contributed by atoms with Crippen LogP contribution in [0, 0.1) is 10.1 Å². The Morgan fingerprint density at radius 1 is 1.23 bits per heavy atom. The predicted octanol–water partition coefficient (Wildman–Crippen LogP) is 4.16. The average molecular weight is 419 g/mol. The van der Waals surface area contributed by atoms with E-state index in [4.69, 9.17) is 9.47 Å². The smallest absolute Gasteiger partial charge is 0.337 e. The molecule has 0 saturated carbocycles. The zero-order chi connectivity index (χ0) is 18.8. The van der Waals surface area contributed by atoms with E-state index in [1.165, 1.54) is 20.3 Å². The normalized spacial score (nSPS) is 10.7. The van der Waals surface area contributed by atoms with Crippen LogP contribution in [0.25, 0.3) is 10.9 Å². The number of rotatable bonds is 5. The van der Waals surface area contributed by atoms with Gasteiger partial charge in [0.2, 0.25) is 0 Å². The maximum atomic E-state index is 11.7. The fourth-order valence-electron chi connectivity index (χ4n) is 2.78. The first-order valence-corrected chi connectivity index (χ1v) is 8.42. The Labute approximate surface area is 157 Å². The van der Waals surface area contributed by atoms with Gasteiger partial charge in [-0.2, -0.15) is 0 Å². The fourth-order valence-corrected chi connectivity index (χ4v) is 3.29. The number of hydrogen-bond donors (Lipinski definition) is 0. The highest BCUT2D eigenvalue weighted by Crippen LogP contribution is 2.32. The average Bonchev–Trinajstić information content (AvgIpc) is 3.02. The van der Waals surface area contributed by atoms with Crippen molar-refractivity contribution < 1.29 is 19.2 Å². The molecule has 1 aromatic heterocycles. The maximum Gasteiger partial charge on any atom is 0.337 e. The number of esters is 1. The summed E-state index contributed by atoms with van der Waals surface area (Å²) in [5.74, 6) is 0.100. The Morgan fingerprint density at radius 2 is 2.00 bits per heavy atom. The van der Waals surface area contributed by atoms with Crippen molar-refractivity contribution in [3.63, 3.8) is 0 Å². The van der Waals surface area contributed by atoms with E-state index in [2.05, 4.69) is 15.9 Å². The van der Waals surface area contributed by atoms with E-state index in [-0.39, 0.29) is 5.69 Å². The van der Waals surface area contributed by atoms with E-state index < -0.39 is 10.9 Å². The lowest BCUT2D eigenvalue weighted by molar-refractivity contribution is -0.385. The molecule has 2 aromatic carbocycles. The Balaban J connectivity index is 2.02. The molecule has 3 aromatic rings. The third kappa shape index (κ3) is 3.28. The SMILES string of the molecule is COC(=O)c1ccc(Cn2ccc3cc(Br)c([N+](=O)[O-])cc32)c(OC)c1. The van der Waals surface area contributed by atoms with Crippen LogP contribution in [0.3, 0.4) is 0 Å². The van der Waals surface area contributed by atoms with Crippen LogP contribution < -0.4 is 4.74 Å². The predicted molar refractivity (Wildman–Crippen MR) is 99.7 cm³/mol. The van der Waals surface area contributed by atoms with Crippen LogP contribution in [0.15, 0.2) is 47.1 Å². The molecular weight excluding hydrogens is 404 g/mol. The molecule has 134 valence electrons. The molecule has 0 atom stereocenters. The number of ether oxygens (including phenoxy) is 2. The molecule has 26 heavy (non-hydrogen) atoms. The Hall–Kier alpha value is -2.87. The van der Waals surface area contributed by atoms with Gasteiger partial charge >= 0.3 is 5.97 Å². The number of nitro groups is 1. The van der Waals surface area contributed by atoms with E-state index in [1.807, 2.05) is 16.8 Å². The fraction of sp³-hybridized carbons (Fsp3) is 0.167. The van der Waals surface area contributed by atoms with Gasteiger partial charge in [-0.25, -0.2) is 4.79 Å². The van der Waals surface area contributed by atoms with Crippen molar-refractivity contribution in [2.24, 2.45) is 0 Å². The van der Waals surface area contributed by atoms with Crippen LogP contribution in [0.4, 0.5) is 5.69 Å². The summed E-state index contributed by atoms with van der Waals surface area (Å²) in [6, 6.07) is 10.2. The topological polar surface area (TPSA) is 83.6 Å². The standard InChI is InChI=1S/C18H15BrN2O5/c1-25-17-8-12(18(22)26-2)3-4-13(17)10-20-6-5-11-7-14(19)16(21(23)24)9-15(11)20/h3-9H,10H2,1-2H3. The van der Waals surface area contributed by atoms with E-state index >= 15 is 0 Å². The van der Waals surface area contributed by atoms with E-state index in [0.29, 0.717) is 22.3 Å². The number of methoxy groups -OCH3 is 2. The van der Waals surface area contributed by atoms with Gasteiger partial charge in [0.1, 0.15) is 5.75 Å². The number of halogens is 1. The molecule has 3 rings (SSSR count). The molecule has 0 aliphatic rings. The lowest BCUT2D eigenvalue weighted by Crippen LogP contribution is -2.05. The van der Waals surface area contributed by atoms with Gasteiger partial charge in [0.25, 0.3) is 5.69 Å². The molecule has 0 unspecified atom stereocenters. The van der Waals surface area contributed by atoms with Crippen molar-refractivity contribution >= 4 is 38.5 Å². The molecule has 0 saturated heterocycles. The summed E-state index contributed by atoms with van der Waals surface area (Å²) in [5, 5.41) is 12.1. The summed E-state index contributed by atoms with van der Waals surface area (Å²) in [6.45, 7) is 0.437. The van der Waals surface area contributed by atoms with Gasteiger partial charge in [-0.05, 0) is 40.2 Å². The highest BCUT2D eigenvalue weighted by atomic mass is 79.9. The Kier molecular flexibility index (Phi) is 4.94. The summed E-state index contributed by atoms with van der Waals surface area (Å²) in [5.41, 5.74) is 1.97. The van der Waals surface area contributed by atoms with Crippen molar-refractivity contribution in [1.82, 2.24) is 4.57 Å². The molecule has 0 aliphatic carbocycles. The molecule has 0 amide bonds. The van der Waals surface area contributed by atoms with Gasteiger partial charge in [-0.15, -0.1) is 0 Å². The molecule has 0 radical (unpaired) electrons. The molecule has 0 bridgehead atoms. The molecule has 0 spiro atoms. The number of carbonyl (C=O) groups excluding carboxylic acids is 1. The first-order valence-electron chi connectivity index (χ1n) is 7.62. The molecule has 0 aliphatic heterocycles. The lowest BCUT2D eigenvalue weighted by atomic mass is 10.1. The highest BCUT2D eigenvalue weighted by Gasteiger charge is 2.16. The van der Waals surface area contributed by atoms with Gasteiger partial charge in [0.05, 0.1) is 41.2 Å². The second-order valence-corrected chi connectivity index (χ2v) is 6.44. The van der Waals surface area contributed by atoms with Crippen LogP contribution in [0.1, 0.15) is 15.9 Å². The van der Waals surface area contributed by atoms with Gasteiger partial charge in [-0.3, -0.25) is 10.1 Å². The van der Waals surface area contributed by atoms with Gasteiger partial charge < -0.3 is 14.0 Å².